The number of anilines is 2. The molecule has 2 fully saturated rings. The fourth-order valence-corrected chi connectivity index (χ4v) is 7.73. The number of amides is 5. The van der Waals surface area contributed by atoms with Gasteiger partial charge in [0.05, 0.1) is 11.1 Å². The van der Waals surface area contributed by atoms with E-state index in [1.807, 2.05) is 19.1 Å². The van der Waals surface area contributed by atoms with Crippen molar-refractivity contribution in [1.29, 1.82) is 0 Å². The Bertz CT molecular complexity index is 2340. The van der Waals surface area contributed by atoms with Crippen LogP contribution in [0.1, 0.15) is 71.3 Å². The van der Waals surface area contributed by atoms with Gasteiger partial charge >= 0.3 is 6.29 Å². The van der Waals surface area contributed by atoms with Crippen LogP contribution < -0.4 is 30.7 Å². The lowest BCUT2D eigenvalue weighted by Gasteiger charge is -2.33. The Kier molecular flexibility index (Phi) is 12.3. The first-order chi connectivity index (χ1) is 28.8. The van der Waals surface area contributed by atoms with Crippen LogP contribution in [0.4, 0.5) is 20.4 Å². The molecule has 5 amide bonds. The molecule has 1 saturated heterocycles. The Morgan fingerprint density at radius 3 is 2.45 bits per heavy atom. The fourth-order valence-electron chi connectivity index (χ4n) is 7.57. The van der Waals surface area contributed by atoms with E-state index < -0.39 is 17.6 Å². The Hall–Kier alpha value is -6.16. The molecule has 4 aromatic rings. The van der Waals surface area contributed by atoms with Crippen molar-refractivity contribution in [3.05, 3.63) is 94.7 Å². The maximum atomic E-state index is 13.7. The number of halogens is 3. The van der Waals surface area contributed by atoms with Gasteiger partial charge in [0.15, 0.2) is 11.5 Å². The van der Waals surface area contributed by atoms with E-state index in [9.17, 15) is 32.8 Å². The second-order valence-electron chi connectivity index (χ2n) is 15.1. The zero-order chi connectivity index (χ0) is 42.6. The Labute approximate surface area is 349 Å². The Morgan fingerprint density at radius 1 is 0.917 bits per heavy atom. The standard InChI is InChI=1S/C43H44ClF2N7O7/c1-26-12-16-34(51-41(58)42(18-19-42)27-13-15-32-33(23-27)60-43(45,46)59-32)50-39(26)30-9-6-10-31(40(47)57)29(30)8-3-2-4-20-48-36(54)17-14-28-7-5-11-35(49-28)53-22-21-52(25-38(53)56)37(55)24-44/h5-7,9-13,15-16,23H,2-4,8,14,17-22,24-25H2,1H3,(H2,47,57)(H,48,54)(H,50,51,58). The second-order valence-corrected chi connectivity index (χ2v) is 15.3. The highest BCUT2D eigenvalue weighted by molar-refractivity contribution is 6.27. The average molecular weight is 844 g/mol. The number of aromatic nitrogens is 2. The molecule has 14 nitrogen and oxygen atoms in total. The smallest absolute Gasteiger partial charge is 0.395 e. The number of benzene rings is 2. The molecule has 0 radical (unpaired) electrons. The number of hydrogen-bond donors (Lipinski definition) is 3. The first-order valence-electron chi connectivity index (χ1n) is 19.8. The number of nitrogens with one attached hydrogen (secondary N) is 2. The SMILES string of the molecule is Cc1ccc(NC(=O)C2(c3ccc4c(c3)OC(F)(F)O4)CC2)nc1-c1cccc(C(N)=O)c1CCCCCNC(=O)CCc1cccc(N2CCN(C(=O)CCl)CC2=O)n1. The number of fused-ring (bicyclic) bond motifs is 1. The highest BCUT2D eigenvalue weighted by Crippen LogP contribution is 2.52. The van der Waals surface area contributed by atoms with Crippen molar-refractivity contribution < 1.29 is 42.2 Å². The van der Waals surface area contributed by atoms with E-state index in [1.165, 1.54) is 21.9 Å². The molecule has 2 aromatic carbocycles. The van der Waals surface area contributed by atoms with Crippen molar-refractivity contribution in [1.82, 2.24) is 20.2 Å². The first kappa shape index (κ1) is 42.0. The number of ether oxygens (including phenoxy) is 2. The molecule has 4 N–H and O–H groups in total. The summed E-state index contributed by atoms with van der Waals surface area (Å²) in [7, 11) is 0. The predicted octanol–water partition coefficient (Wildman–Crippen LogP) is 5.42. The molecule has 2 aromatic heterocycles. The number of primary amides is 1. The van der Waals surface area contributed by atoms with Crippen molar-refractivity contribution in [2.45, 2.75) is 70.0 Å². The van der Waals surface area contributed by atoms with Crippen LogP contribution >= 0.6 is 11.6 Å². The van der Waals surface area contributed by atoms with E-state index in [0.29, 0.717) is 97.9 Å². The maximum absolute atomic E-state index is 13.7. The summed E-state index contributed by atoms with van der Waals surface area (Å²) in [5.41, 5.74) is 9.27. The van der Waals surface area contributed by atoms with Gasteiger partial charge < -0.3 is 30.7 Å². The van der Waals surface area contributed by atoms with Gasteiger partial charge in [0.1, 0.15) is 24.1 Å². The largest absolute Gasteiger partial charge is 0.586 e. The van der Waals surface area contributed by atoms with Gasteiger partial charge in [0, 0.05) is 42.9 Å². The highest BCUT2D eigenvalue weighted by Gasteiger charge is 2.53. The summed E-state index contributed by atoms with van der Waals surface area (Å²) >= 11 is 5.64. The number of rotatable bonds is 16. The van der Waals surface area contributed by atoms with Crippen molar-refractivity contribution in [3.8, 4) is 22.8 Å². The van der Waals surface area contributed by atoms with Gasteiger partial charge in [0.25, 0.3) is 0 Å². The second kappa shape index (κ2) is 17.6. The number of aryl methyl sites for hydroxylation is 2. The molecule has 1 aliphatic carbocycles. The van der Waals surface area contributed by atoms with Gasteiger partial charge in [-0.15, -0.1) is 20.4 Å². The van der Waals surface area contributed by atoms with Crippen LogP contribution in [0.3, 0.4) is 0 Å². The summed E-state index contributed by atoms with van der Waals surface area (Å²) in [4.78, 5) is 75.9. The molecule has 1 saturated carbocycles. The van der Waals surface area contributed by atoms with Gasteiger partial charge in [-0.25, -0.2) is 9.97 Å². The summed E-state index contributed by atoms with van der Waals surface area (Å²) in [6.07, 6.45) is 0.498. The lowest BCUT2D eigenvalue weighted by molar-refractivity contribution is -0.286. The summed E-state index contributed by atoms with van der Waals surface area (Å²) in [6.45, 7) is 2.95. The quantitative estimate of drug-likeness (QED) is 0.0979. The average Bonchev–Trinajstić information content (AvgIpc) is 3.98. The van der Waals surface area contributed by atoms with E-state index in [0.717, 1.165) is 17.5 Å². The molecule has 0 spiro atoms. The van der Waals surface area contributed by atoms with Crippen molar-refractivity contribution in [3.63, 3.8) is 0 Å². The van der Waals surface area contributed by atoms with Crippen LogP contribution in [0.5, 0.6) is 11.5 Å². The molecule has 0 atom stereocenters. The molecule has 314 valence electrons. The summed E-state index contributed by atoms with van der Waals surface area (Å²) in [5.74, 6) is -1.21. The van der Waals surface area contributed by atoms with E-state index in [1.54, 1.807) is 42.5 Å². The monoisotopic (exact) mass is 843 g/mol. The van der Waals surface area contributed by atoms with Crippen LogP contribution in [0, 0.1) is 6.92 Å². The number of alkyl halides is 3. The molecule has 4 heterocycles. The van der Waals surface area contributed by atoms with E-state index in [-0.39, 0.29) is 54.0 Å². The first-order valence-corrected chi connectivity index (χ1v) is 20.3. The normalized spacial score (nSPS) is 16.0. The number of nitrogens with zero attached hydrogens (tertiary/aromatic N) is 4. The zero-order valence-corrected chi connectivity index (χ0v) is 33.7. The van der Waals surface area contributed by atoms with Gasteiger partial charge in [-0.1, -0.05) is 36.8 Å². The topological polar surface area (TPSA) is 186 Å². The molecule has 0 bridgehead atoms. The molecular formula is C43H44ClF2N7O7. The van der Waals surface area contributed by atoms with Gasteiger partial charge in [-0.2, -0.15) is 0 Å². The Balaban J connectivity index is 0.916. The van der Waals surface area contributed by atoms with Crippen LogP contribution in [-0.4, -0.2) is 82.8 Å². The lowest BCUT2D eigenvalue weighted by Crippen LogP contribution is -2.53. The van der Waals surface area contributed by atoms with Gasteiger partial charge in [0.2, 0.25) is 29.5 Å². The molecule has 60 heavy (non-hydrogen) atoms. The van der Waals surface area contributed by atoms with Crippen LogP contribution in [0.15, 0.2) is 66.7 Å². The third-order valence-corrected chi connectivity index (χ3v) is 11.2. The van der Waals surface area contributed by atoms with Crippen molar-refractivity contribution in [2.75, 3.05) is 42.3 Å². The number of carbonyl (C=O) groups is 5. The van der Waals surface area contributed by atoms with Crippen molar-refractivity contribution >= 4 is 52.8 Å². The van der Waals surface area contributed by atoms with Crippen molar-refractivity contribution in [2.24, 2.45) is 5.73 Å². The molecule has 17 heteroatoms. The van der Waals surface area contributed by atoms with Crippen LogP contribution in [-0.2, 0) is 37.4 Å². The molecule has 3 aliphatic rings. The number of nitrogens with two attached hydrogens (primary N) is 1. The van der Waals surface area contributed by atoms with Gasteiger partial charge in [-0.3, -0.25) is 28.9 Å². The third-order valence-electron chi connectivity index (χ3n) is 11.0. The molecular weight excluding hydrogens is 800 g/mol. The summed E-state index contributed by atoms with van der Waals surface area (Å²) in [6, 6.07) is 18.5. The minimum Gasteiger partial charge on any atom is -0.395 e. The number of pyridine rings is 2. The lowest BCUT2D eigenvalue weighted by atomic mass is 9.92. The molecule has 2 aliphatic heterocycles. The third kappa shape index (κ3) is 9.33. The highest BCUT2D eigenvalue weighted by atomic mass is 35.5. The molecule has 0 unspecified atom stereocenters. The minimum absolute atomic E-state index is 0.0604. The van der Waals surface area contributed by atoms with Crippen LogP contribution in [0.25, 0.3) is 11.3 Å². The van der Waals surface area contributed by atoms with E-state index in [2.05, 4.69) is 25.1 Å². The maximum Gasteiger partial charge on any atom is 0.586 e. The van der Waals surface area contributed by atoms with E-state index in [4.69, 9.17) is 22.3 Å². The number of hydrogen-bond acceptors (Lipinski definition) is 9. The zero-order valence-electron chi connectivity index (χ0n) is 32.9. The van der Waals surface area contributed by atoms with Crippen LogP contribution in [0.2, 0.25) is 0 Å². The molecule has 7 rings (SSSR count). The number of piperazine rings is 1. The number of unbranched alkanes of at least 4 members (excludes halogenated alkanes) is 2. The summed E-state index contributed by atoms with van der Waals surface area (Å²) < 4.78 is 36.4. The minimum atomic E-state index is -3.76. The van der Waals surface area contributed by atoms with E-state index >= 15 is 0 Å². The summed E-state index contributed by atoms with van der Waals surface area (Å²) in [5, 5.41) is 5.86. The fraction of sp³-hybridized carbons (Fsp3) is 0.372. The predicted molar refractivity (Wildman–Crippen MR) is 218 cm³/mol. The number of carbonyl (C=O) groups excluding carboxylic acids is 5. The van der Waals surface area contributed by atoms with Gasteiger partial charge in [-0.05, 0) is 98.5 Å². The Morgan fingerprint density at radius 2 is 1.70 bits per heavy atom.